The molecular weight excluding hydrogens is 246 g/mol. The molecule has 96 valence electrons. The van der Waals surface area contributed by atoms with Crippen LogP contribution in [-0.4, -0.2) is 44.6 Å². The molecule has 0 aromatic rings. The molecule has 0 unspecified atom stereocenters. The van der Waals surface area contributed by atoms with Gasteiger partial charge in [-0.1, -0.05) is 0 Å². The molecule has 0 spiro atoms. The molecule has 0 atom stereocenters. The number of rotatable bonds is 8. The van der Waals surface area contributed by atoms with Crippen molar-refractivity contribution in [3.63, 3.8) is 0 Å². The lowest BCUT2D eigenvalue weighted by Crippen LogP contribution is -2.31. The zero-order chi connectivity index (χ0) is 12.8. The van der Waals surface area contributed by atoms with Crippen LogP contribution in [0.4, 0.5) is 26.3 Å². The number of hydrogen-bond donors (Lipinski definition) is 0. The number of ether oxygens (including phenoxy) is 2. The highest BCUT2D eigenvalue weighted by Crippen LogP contribution is 2.17. The van der Waals surface area contributed by atoms with Gasteiger partial charge in [0.2, 0.25) is 0 Å². The van der Waals surface area contributed by atoms with Gasteiger partial charge < -0.3 is 9.47 Å². The minimum Gasteiger partial charge on any atom is -0.310 e. The van der Waals surface area contributed by atoms with E-state index >= 15 is 0 Å². The van der Waals surface area contributed by atoms with Crippen molar-refractivity contribution >= 4 is 5.78 Å². The number of hydrogen-bond acceptors (Lipinski definition) is 3. The number of carbonyl (C=O) groups is 1. The van der Waals surface area contributed by atoms with Gasteiger partial charge >= 0.3 is 12.2 Å². The van der Waals surface area contributed by atoms with Crippen molar-refractivity contribution in [3.05, 3.63) is 0 Å². The molecule has 16 heavy (non-hydrogen) atoms. The van der Waals surface area contributed by atoms with Gasteiger partial charge in [0.15, 0.2) is 19.1 Å². The number of ketones is 1. The van der Waals surface area contributed by atoms with Crippen LogP contribution in [0, 0.1) is 0 Å². The summed E-state index contributed by atoms with van der Waals surface area (Å²) in [6.45, 7) is -6.91. The molecule has 0 saturated carbocycles. The monoisotopic (exact) mass is 254 g/mol. The Hall–Kier alpha value is -0.830. The van der Waals surface area contributed by atoms with Crippen molar-refractivity contribution < 1.29 is 40.6 Å². The van der Waals surface area contributed by atoms with Gasteiger partial charge in [0.1, 0.15) is 13.2 Å². The van der Waals surface area contributed by atoms with E-state index in [1.54, 1.807) is 0 Å². The van der Waals surface area contributed by atoms with Crippen molar-refractivity contribution in [2.75, 3.05) is 26.6 Å². The molecule has 0 N–H and O–H groups in total. The second kappa shape index (κ2) is 6.04. The Balaban J connectivity index is 3.85. The first-order chi connectivity index (χ1) is 7.22. The van der Waals surface area contributed by atoms with Crippen LogP contribution >= 0.6 is 0 Å². The summed E-state index contributed by atoms with van der Waals surface area (Å²) in [5.41, 5.74) is 0. The topological polar surface area (TPSA) is 35.5 Å². The lowest BCUT2D eigenvalue weighted by Gasteiger charge is -2.14. The maximum atomic E-state index is 12.1. The van der Waals surface area contributed by atoms with E-state index in [2.05, 4.69) is 9.47 Å². The first-order valence-electron chi connectivity index (χ1n) is 3.89. The minimum absolute atomic E-state index is 1.29. The normalized spacial score (nSPS) is 12.9. The maximum Gasteiger partial charge on any atom is 0.384 e. The molecule has 0 aliphatic heterocycles. The summed E-state index contributed by atoms with van der Waals surface area (Å²) in [5.74, 6) is -1.29. The number of alkyl halides is 6. The Morgan fingerprint density at radius 1 is 0.875 bits per heavy atom. The maximum absolute atomic E-state index is 12.1. The molecule has 0 rings (SSSR count). The van der Waals surface area contributed by atoms with Crippen LogP contribution < -0.4 is 0 Å². The molecular formula is C7H8F6O3. The Labute approximate surface area is 86.3 Å². The summed E-state index contributed by atoms with van der Waals surface area (Å²) in [4.78, 5) is 10.6. The van der Waals surface area contributed by atoms with Crippen LogP contribution in [0.15, 0.2) is 0 Å². The van der Waals surface area contributed by atoms with Gasteiger partial charge in [0.05, 0.1) is 0 Å². The quantitative estimate of drug-likeness (QED) is 0.618. The molecule has 0 aliphatic rings. The summed E-state index contributed by atoms with van der Waals surface area (Å²) in [7, 11) is 0. The van der Waals surface area contributed by atoms with Gasteiger partial charge in [-0.25, -0.2) is 8.78 Å². The second-order valence-electron chi connectivity index (χ2n) is 2.66. The van der Waals surface area contributed by atoms with Gasteiger partial charge in [0, 0.05) is 0 Å². The lowest BCUT2D eigenvalue weighted by atomic mass is 10.4. The van der Waals surface area contributed by atoms with Crippen molar-refractivity contribution in [1.29, 1.82) is 0 Å². The largest absolute Gasteiger partial charge is 0.384 e. The van der Waals surface area contributed by atoms with E-state index in [-0.39, 0.29) is 0 Å². The Bertz CT molecular complexity index is 210. The van der Waals surface area contributed by atoms with Crippen LogP contribution in [0.1, 0.15) is 0 Å². The van der Waals surface area contributed by atoms with Crippen LogP contribution in [-0.2, 0) is 14.3 Å². The van der Waals surface area contributed by atoms with Crippen LogP contribution in [0.2, 0.25) is 0 Å². The summed E-state index contributed by atoms with van der Waals surface area (Å²) in [5, 5.41) is 0. The minimum atomic E-state index is -4.15. The molecule has 0 bridgehead atoms. The van der Waals surface area contributed by atoms with Crippen LogP contribution in [0.5, 0.6) is 0 Å². The predicted molar refractivity (Wildman–Crippen MR) is 38.8 cm³/mol. The summed E-state index contributed by atoms with van der Waals surface area (Å²) >= 11 is 0. The summed E-state index contributed by atoms with van der Waals surface area (Å²) in [6, 6.07) is 0. The first kappa shape index (κ1) is 15.2. The van der Waals surface area contributed by atoms with Crippen LogP contribution in [0.3, 0.4) is 0 Å². The number of Topliss-reactive ketones (excluding diaryl/α,β-unsaturated/α-hetero) is 1. The van der Waals surface area contributed by atoms with Gasteiger partial charge in [-0.3, -0.25) is 4.79 Å². The van der Waals surface area contributed by atoms with E-state index in [0.717, 1.165) is 0 Å². The highest BCUT2D eigenvalue weighted by atomic mass is 19.3. The third-order valence-electron chi connectivity index (χ3n) is 1.20. The Morgan fingerprint density at radius 3 is 1.44 bits per heavy atom. The fourth-order valence-electron chi connectivity index (χ4n) is 0.491. The van der Waals surface area contributed by atoms with E-state index in [9.17, 15) is 31.1 Å². The number of halogens is 6. The fraction of sp³-hybridized carbons (Fsp3) is 0.857. The smallest absolute Gasteiger partial charge is 0.310 e. The lowest BCUT2D eigenvalue weighted by molar-refractivity contribution is -0.255. The van der Waals surface area contributed by atoms with Gasteiger partial charge in [0.25, 0.3) is 0 Å². The van der Waals surface area contributed by atoms with Gasteiger partial charge in [-0.2, -0.15) is 17.6 Å². The standard InChI is InChI=1S/C7H8F6O3/c8-3-6(10,11)15-1-5(14)2-16-7(12,13)4-9/h1-4H2. The first-order valence-corrected chi connectivity index (χ1v) is 3.89. The molecule has 3 nitrogen and oxygen atoms in total. The molecule has 0 heterocycles. The van der Waals surface area contributed by atoms with E-state index in [1.807, 2.05) is 0 Å². The summed E-state index contributed by atoms with van der Waals surface area (Å²) < 4.78 is 78.1. The molecule has 0 aromatic heterocycles. The highest BCUT2D eigenvalue weighted by Gasteiger charge is 2.33. The SMILES string of the molecule is O=C(COC(F)(F)CF)COC(F)(F)CF. The Morgan fingerprint density at radius 2 is 1.19 bits per heavy atom. The molecule has 0 aromatic carbocycles. The predicted octanol–water partition coefficient (Wildman–Crippen LogP) is 1.71. The fourth-order valence-corrected chi connectivity index (χ4v) is 0.491. The van der Waals surface area contributed by atoms with Crippen LogP contribution in [0.25, 0.3) is 0 Å². The zero-order valence-corrected chi connectivity index (χ0v) is 7.82. The molecule has 0 saturated heterocycles. The van der Waals surface area contributed by atoms with E-state index in [1.165, 1.54) is 0 Å². The third-order valence-corrected chi connectivity index (χ3v) is 1.20. The van der Waals surface area contributed by atoms with E-state index < -0.39 is 44.6 Å². The van der Waals surface area contributed by atoms with E-state index in [4.69, 9.17) is 0 Å². The van der Waals surface area contributed by atoms with Crippen molar-refractivity contribution in [2.24, 2.45) is 0 Å². The molecule has 0 amide bonds. The molecule has 0 fully saturated rings. The van der Waals surface area contributed by atoms with Crippen molar-refractivity contribution in [1.82, 2.24) is 0 Å². The third kappa shape index (κ3) is 6.62. The second-order valence-corrected chi connectivity index (χ2v) is 2.66. The van der Waals surface area contributed by atoms with Crippen molar-refractivity contribution in [3.8, 4) is 0 Å². The molecule has 0 aliphatic carbocycles. The molecule has 9 heteroatoms. The highest BCUT2D eigenvalue weighted by molar-refractivity contribution is 5.80. The number of carbonyl (C=O) groups excluding carboxylic acids is 1. The Kier molecular flexibility index (Phi) is 5.73. The molecule has 0 radical (unpaired) electrons. The summed E-state index contributed by atoms with van der Waals surface area (Å²) in [6.07, 6.45) is -8.31. The zero-order valence-electron chi connectivity index (χ0n) is 7.82. The average Bonchev–Trinajstić information content (AvgIpc) is 2.24. The average molecular weight is 254 g/mol. The van der Waals surface area contributed by atoms with E-state index in [0.29, 0.717) is 0 Å². The van der Waals surface area contributed by atoms with Gasteiger partial charge in [-0.15, -0.1) is 0 Å². The van der Waals surface area contributed by atoms with Gasteiger partial charge in [-0.05, 0) is 0 Å². The van der Waals surface area contributed by atoms with Crippen molar-refractivity contribution in [2.45, 2.75) is 12.2 Å².